The maximum Gasteiger partial charge on any atom is 0.258 e. The molecule has 0 amide bonds. The largest absolute Gasteiger partial charge is 0.369 e. The van der Waals surface area contributed by atoms with Crippen molar-refractivity contribution in [2.75, 3.05) is 20.2 Å². The maximum atomic E-state index is 5.47. The van der Waals surface area contributed by atoms with Crippen molar-refractivity contribution in [3.05, 3.63) is 11.7 Å². The lowest BCUT2D eigenvalue weighted by Crippen LogP contribution is -2.27. The Bertz CT molecular complexity index is 354. The van der Waals surface area contributed by atoms with Gasteiger partial charge in [0.2, 0.25) is 0 Å². The first-order chi connectivity index (χ1) is 8.19. The van der Waals surface area contributed by atoms with Crippen LogP contribution >= 0.6 is 0 Å². The third-order valence-corrected chi connectivity index (χ3v) is 3.72. The molecule has 0 bridgehead atoms. The van der Waals surface area contributed by atoms with Crippen molar-refractivity contribution in [2.24, 2.45) is 0 Å². The summed E-state index contributed by atoms with van der Waals surface area (Å²) in [5.41, 5.74) is -0.460. The number of ether oxygens (including phenoxy) is 1. The second-order valence-electron chi connectivity index (χ2n) is 4.77. The van der Waals surface area contributed by atoms with Crippen molar-refractivity contribution in [1.29, 1.82) is 0 Å². The number of rotatable bonds is 4. The average molecular weight is 239 g/mol. The van der Waals surface area contributed by atoms with Crippen LogP contribution in [0.4, 0.5) is 0 Å². The standard InChI is InChI=1S/C12H21N3O2/c1-4-12(2,16-3)11-14-10(15-17-11)9-5-7-13-8-6-9/h9,13H,4-8H2,1-3H3. The fraction of sp³-hybridized carbons (Fsp3) is 0.833. The first-order valence-electron chi connectivity index (χ1n) is 6.29. The van der Waals surface area contributed by atoms with Gasteiger partial charge in [0.15, 0.2) is 5.82 Å². The molecule has 0 aliphatic carbocycles. The Morgan fingerprint density at radius 3 is 2.76 bits per heavy atom. The molecule has 5 nitrogen and oxygen atoms in total. The van der Waals surface area contributed by atoms with Gasteiger partial charge in [-0.05, 0) is 39.3 Å². The lowest BCUT2D eigenvalue weighted by Gasteiger charge is -2.21. The summed E-state index contributed by atoms with van der Waals surface area (Å²) in [6, 6.07) is 0. The van der Waals surface area contributed by atoms with Crippen LogP contribution in [0.1, 0.15) is 50.7 Å². The van der Waals surface area contributed by atoms with Crippen molar-refractivity contribution in [1.82, 2.24) is 15.5 Å². The minimum atomic E-state index is -0.460. The highest BCUT2D eigenvalue weighted by atomic mass is 16.5. The van der Waals surface area contributed by atoms with Crippen LogP contribution in [0.25, 0.3) is 0 Å². The second kappa shape index (κ2) is 5.14. The highest BCUT2D eigenvalue weighted by Crippen LogP contribution is 2.29. The Morgan fingerprint density at radius 2 is 2.18 bits per heavy atom. The molecule has 0 radical (unpaired) electrons. The van der Waals surface area contributed by atoms with Gasteiger partial charge in [-0.1, -0.05) is 12.1 Å². The number of hydrogen-bond donors (Lipinski definition) is 1. The van der Waals surface area contributed by atoms with Crippen LogP contribution in [0, 0.1) is 0 Å². The third kappa shape index (κ3) is 2.50. The van der Waals surface area contributed by atoms with Crippen LogP contribution in [0.2, 0.25) is 0 Å². The van der Waals surface area contributed by atoms with Crippen LogP contribution in [-0.2, 0) is 10.3 Å². The van der Waals surface area contributed by atoms with Gasteiger partial charge in [-0.3, -0.25) is 0 Å². The van der Waals surface area contributed by atoms with Crippen molar-refractivity contribution in [2.45, 2.75) is 44.6 Å². The summed E-state index contributed by atoms with van der Waals surface area (Å²) < 4.78 is 10.8. The van der Waals surface area contributed by atoms with E-state index in [1.54, 1.807) is 7.11 Å². The van der Waals surface area contributed by atoms with E-state index < -0.39 is 5.60 Å². The zero-order chi connectivity index (χ0) is 12.3. The zero-order valence-corrected chi connectivity index (χ0v) is 10.8. The van der Waals surface area contributed by atoms with Crippen LogP contribution in [0.3, 0.4) is 0 Å². The van der Waals surface area contributed by atoms with Gasteiger partial charge in [0.05, 0.1) is 0 Å². The van der Waals surface area contributed by atoms with Gasteiger partial charge >= 0.3 is 0 Å². The maximum absolute atomic E-state index is 5.47. The molecule has 0 saturated carbocycles. The van der Waals surface area contributed by atoms with E-state index in [-0.39, 0.29) is 0 Å². The molecule has 1 atom stereocenters. The molecule has 17 heavy (non-hydrogen) atoms. The molecule has 1 fully saturated rings. The van der Waals surface area contributed by atoms with Crippen LogP contribution < -0.4 is 5.32 Å². The molecular weight excluding hydrogens is 218 g/mol. The molecule has 1 saturated heterocycles. The molecule has 1 aliphatic heterocycles. The van der Waals surface area contributed by atoms with Crippen molar-refractivity contribution < 1.29 is 9.26 Å². The Hall–Kier alpha value is -0.940. The van der Waals surface area contributed by atoms with Crippen molar-refractivity contribution in [3.63, 3.8) is 0 Å². The smallest absolute Gasteiger partial charge is 0.258 e. The molecule has 1 aromatic heterocycles. The van der Waals surface area contributed by atoms with E-state index in [0.717, 1.165) is 38.2 Å². The Morgan fingerprint density at radius 1 is 1.47 bits per heavy atom. The number of aromatic nitrogens is 2. The molecule has 2 heterocycles. The van der Waals surface area contributed by atoms with E-state index in [4.69, 9.17) is 9.26 Å². The normalized spacial score (nSPS) is 21.4. The fourth-order valence-electron chi connectivity index (χ4n) is 2.08. The van der Waals surface area contributed by atoms with Crippen LogP contribution in [-0.4, -0.2) is 30.3 Å². The molecule has 5 heteroatoms. The van der Waals surface area contributed by atoms with Gasteiger partial charge in [0.25, 0.3) is 5.89 Å². The minimum absolute atomic E-state index is 0.423. The number of piperidine rings is 1. The summed E-state index contributed by atoms with van der Waals surface area (Å²) in [5, 5.41) is 7.44. The topological polar surface area (TPSA) is 60.2 Å². The number of nitrogens with one attached hydrogen (secondary N) is 1. The van der Waals surface area contributed by atoms with Crippen molar-refractivity contribution >= 4 is 0 Å². The zero-order valence-electron chi connectivity index (χ0n) is 10.8. The third-order valence-electron chi connectivity index (χ3n) is 3.72. The Labute approximate surface area is 102 Å². The molecule has 2 rings (SSSR count). The van der Waals surface area contributed by atoms with E-state index in [0.29, 0.717) is 11.8 Å². The van der Waals surface area contributed by atoms with Crippen molar-refractivity contribution in [3.8, 4) is 0 Å². The molecule has 96 valence electrons. The first kappa shape index (κ1) is 12.5. The van der Waals surface area contributed by atoms with Gasteiger partial charge < -0.3 is 14.6 Å². The summed E-state index contributed by atoms with van der Waals surface area (Å²) >= 11 is 0. The summed E-state index contributed by atoms with van der Waals surface area (Å²) in [5.74, 6) is 1.85. The van der Waals surface area contributed by atoms with Gasteiger partial charge in [-0.25, -0.2) is 0 Å². The second-order valence-corrected chi connectivity index (χ2v) is 4.77. The van der Waals surface area contributed by atoms with E-state index in [9.17, 15) is 0 Å². The predicted molar refractivity (Wildman–Crippen MR) is 63.8 cm³/mol. The van der Waals surface area contributed by atoms with Gasteiger partial charge in [0.1, 0.15) is 5.60 Å². The molecule has 1 unspecified atom stereocenters. The first-order valence-corrected chi connectivity index (χ1v) is 6.29. The molecule has 0 spiro atoms. The molecule has 1 N–H and O–H groups in total. The number of methoxy groups -OCH3 is 1. The lowest BCUT2D eigenvalue weighted by molar-refractivity contribution is -0.0272. The molecule has 1 aromatic rings. The lowest BCUT2D eigenvalue weighted by atomic mass is 9.97. The summed E-state index contributed by atoms with van der Waals surface area (Å²) in [7, 11) is 1.68. The quantitative estimate of drug-likeness (QED) is 0.868. The van der Waals surface area contributed by atoms with Crippen LogP contribution in [0.5, 0.6) is 0 Å². The van der Waals surface area contributed by atoms with E-state index in [1.165, 1.54) is 0 Å². The number of hydrogen-bond acceptors (Lipinski definition) is 5. The van der Waals surface area contributed by atoms with E-state index in [2.05, 4.69) is 22.4 Å². The summed E-state index contributed by atoms with van der Waals surface area (Å²) in [6.45, 7) is 6.10. The van der Waals surface area contributed by atoms with Crippen LogP contribution in [0.15, 0.2) is 4.52 Å². The van der Waals surface area contributed by atoms with Gasteiger partial charge in [0, 0.05) is 13.0 Å². The predicted octanol–water partition coefficient (Wildman–Crippen LogP) is 1.81. The monoisotopic (exact) mass is 239 g/mol. The summed E-state index contributed by atoms with van der Waals surface area (Å²) in [4.78, 5) is 4.52. The molecule has 0 aromatic carbocycles. The van der Waals surface area contributed by atoms with E-state index in [1.807, 2.05) is 6.92 Å². The fourth-order valence-corrected chi connectivity index (χ4v) is 2.08. The minimum Gasteiger partial charge on any atom is -0.369 e. The highest BCUT2D eigenvalue weighted by molar-refractivity contribution is 5.02. The van der Waals surface area contributed by atoms with E-state index >= 15 is 0 Å². The highest BCUT2D eigenvalue weighted by Gasteiger charge is 2.32. The number of nitrogens with zero attached hydrogens (tertiary/aromatic N) is 2. The average Bonchev–Trinajstić information content (AvgIpc) is 2.89. The van der Waals surface area contributed by atoms with Gasteiger partial charge in [-0.2, -0.15) is 4.98 Å². The summed E-state index contributed by atoms with van der Waals surface area (Å²) in [6.07, 6.45) is 2.97. The molecule has 1 aliphatic rings. The Balaban J connectivity index is 2.14. The Kier molecular flexibility index (Phi) is 3.79. The SMILES string of the molecule is CCC(C)(OC)c1nc(C2CCNCC2)no1. The molecular formula is C12H21N3O2. The van der Waals surface area contributed by atoms with Gasteiger partial charge in [-0.15, -0.1) is 0 Å².